The standard InChI is InChI=1S/C14H22N2S/c1-4-5-11(2)16(3)10-12-6-8-13(9-7-12)14(15)17/h6-9,11H,4-5,10H2,1-3H3,(H2,15,17). The molecule has 0 radical (unpaired) electrons. The number of thiocarbonyl (C=S) groups is 1. The second-order valence-electron chi connectivity index (χ2n) is 4.61. The Bertz CT molecular complexity index is 359. The highest BCUT2D eigenvalue weighted by atomic mass is 32.1. The minimum Gasteiger partial charge on any atom is -0.389 e. The van der Waals surface area contributed by atoms with Crippen molar-refractivity contribution in [3.8, 4) is 0 Å². The molecule has 0 aliphatic heterocycles. The summed E-state index contributed by atoms with van der Waals surface area (Å²) in [6.07, 6.45) is 2.47. The van der Waals surface area contributed by atoms with Gasteiger partial charge in [-0.1, -0.05) is 49.8 Å². The van der Waals surface area contributed by atoms with E-state index in [1.807, 2.05) is 12.1 Å². The molecule has 94 valence electrons. The molecule has 0 fully saturated rings. The molecule has 2 N–H and O–H groups in total. The van der Waals surface area contributed by atoms with E-state index in [-0.39, 0.29) is 0 Å². The predicted molar refractivity (Wildman–Crippen MR) is 78.2 cm³/mol. The zero-order valence-corrected chi connectivity index (χ0v) is 11.8. The maximum Gasteiger partial charge on any atom is 0.103 e. The van der Waals surface area contributed by atoms with E-state index in [0.717, 1.165) is 12.1 Å². The molecule has 0 heterocycles. The molecule has 1 unspecified atom stereocenters. The molecule has 0 spiro atoms. The third-order valence-electron chi connectivity index (χ3n) is 3.13. The van der Waals surface area contributed by atoms with Crippen LogP contribution in [-0.4, -0.2) is 23.0 Å². The molecule has 0 bridgehead atoms. The van der Waals surface area contributed by atoms with E-state index in [1.165, 1.54) is 18.4 Å². The van der Waals surface area contributed by atoms with Gasteiger partial charge in [0.15, 0.2) is 0 Å². The van der Waals surface area contributed by atoms with Gasteiger partial charge in [-0.3, -0.25) is 4.90 Å². The Hall–Kier alpha value is -0.930. The van der Waals surface area contributed by atoms with Crippen molar-refractivity contribution in [1.82, 2.24) is 4.90 Å². The largest absolute Gasteiger partial charge is 0.389 e. The van der Waals surface area contributed by atoms with Crippen molar-refractivity contribution in [3.05, 3.63) is 35.4 Å². The van der Waals surface area contributed by atoms with E-state index in [1.54, 1.807) is 0 Å². The van der Waals surface area contributed by atoms with Crippen LogP contribution in [-0.2, 0) is 6.54 Å². The van der Waals surface area contributed by atoms with E-state index in [9.17, 15) is 0 Å². The summed E-state index contributed by atoms with van der Waals surface area (Å²) in [5.41, 5.74) is 7.81. The monoisotopic (exact) mass is 250 g/mol. The summed E-state index contributed by atoms with van der Waals surface area (Å²) < 4.78 is 0. The Morgan fingerprint density at radius 3 is 2.41 bits per heavy atom. The molecule has 0 saturated heterocycles. The number of hydrogen-bond acceptors (Lipinski definition) is 2. The van der Waals surface area contributed by atoms with Gasteiger partial charge in [0.1, 0.15) is 4.99 Å². The van der Waals surface area contributed by atoms with Crippen LogP contribution in [0.4, 0.5) is 0 Å². The molecular formula is C14H22N2S. The molecule has 0 saturated carbocycles. The zero-order valence-electron chi connectivity index (χ0n) is 10.9. The summed E-state index contributed by atoms with van der Waals surface area (Å²) in [7, 11) is 2.17. The van der Waals surface area contributed by atoms with Gasteiger partial charge in [-0.2, -0.15) is 0 Å². The van der Waals surface area contributed by atoms with Crippen LogP contribution >= 0.6 is 12.2 Å². The maximum absolute atomic E-state index is 5.57. The van der Waals surface area contributed by atoms with Crippen LogP contribution in [0.3, 0.4) is 0 Å². The van der Waals surface area contributed by atoms with Crippen LogP contribution in [0.2, 0.25) is 0 Å². The topological polar surface area (TPSA) is 29.3 Å². The quantitative estimate of drug-likeness (QED) is 0.787. The summed E-state index contributed by atoms with van der Waals surface area (Å²) in [5, 5.41) is 0. The van der Waals surface area contributed by atoms with Gasteiger partial charge < -0.3 is 5.73 Å². The number of nitrogens with zero attached hydrogens (tertiary/aromatic N) is 1. The lowest BCUT2D eigenvalue weighted by molar-refractivity contribution is 0.237. The average molecular weight is 250 g/mol. The normalized spacial score (nSPS) is 12.7. The van der Waals surface area contributed by atoms with Crippen LogP contribution < -0.4 is 5.73 Å². The summed E-state index contributed by atoms with van der Waals surface area (Å²) in [4.78, 5) is 2.84. The molecule has 1 aromatic carbocycles. The van der Waals surface area contributed by atoms with E-state index in [2.05, 4.69) is 37.9 Å². The SMILES string of the molecule is CCCC(C)N(C)Cc1ccc(C(N)=S)cc1. The number of rotatable bonds is 6. The molecule has 0 aliphatic rings. The third kappa shape index (κ3) is 4.44. The first kappa shape index (κ1) is 14.1. The highest BCUT2D eigenvalue weighted by molar-refractivity contribution is 7.80. The molecule has 17 heavy (non-hydrogen) atoms. The first-order chi connectivity index (χ1) is 8.04. The Labute approximate surface area is 110 Å². The van der Waals surface area contributed by atoms with Crippen molar-refractivity contribution >= 4 is 17.2 Å². The molecule has 0 amide bonds. The van der Waals surface area contributed by atoms with E-state index in [0.29, 0.717) is 11.0 Å². The maximum atomic E-state index is 5.57. The van der Waals surface area contributed by atoms with E-state index in [4.69, 9.17) is 18.0 Å². The molecule has 1 rings (SSSR count). The summed E-state index contributed by atoms with van der Waals surface area (Å²) in [5.74, 6) is 0. The van der Waals surface area contributed by atoms with Crippen molar-refractivity contribution in [3.63, 3.8) is 0 Å². The number of nitrogens with two attached hydrogens (primary N) is 1. The van der Waals surface area contributed by atoms with Crippen molar-refractivity contribution in [2.45, 2.75) is 39.3 Å². The van der Waals surface area contributed by atoms with Gasteiger partial charge in [-0.25, -0.2) is 0 Å². The molecule has 0 aromatic heterocycles. The highest BCUT2D eigenvalue weighted by Gasteiger charge is 2.08. The Balaban J connectivity index is 2.59. The number of hydrogen-bond donors (Lipinski definition) is 1. The minimum atomic E-state index is 0.462. The fourth-order valence-corrected chi connectivity index (χ4v) is 1.99. The molecular weight excluding hydrogens is 228 g/mol. The van der Waals surface area contributed by atoms with Crippen LogP contribution in [0.15, 0.2) is 24.3 Å². The van der Waals surface area contributed by atoms with Gasteiger partial charge in [-0.05, 0) is 26.0 Å². The lowest BCUT2D eigenvalue weighted by atomic mass is 10.1. The number of benzene rings is 1. The second kappa shape index (κ2) is 6.72. The fourth-order valence-electron chi connectivity index (χ4n) is 1.86. The average Bonchev–Trinajstić information content (AvgIpc) is 2.30. The smallest absolute Gasteiger partial charge is 0.103 e. The first-order valence-electron chi connectivity index (χ1n) is 6.13. The highest BCUT2D eigenvalue weighted by Crippen LogP contribution is 2.11. The van der Waals surface area contributed by atoms with Gasteiger partial charge in [0, 0.05) is 18.2 Å². The van der Waals surface area contributed by atoms with Crippen molar-refractivity contribution in [1.29, 1.82) is 0 Å². The molecule has 1 aromatic rings. The van der Waals surface area contributed by atoms with Crippen molar-refractivity contribution < 1.29 is 0 Å². The van der Waals surface area contributed by atoms with Gasteiger partial charge in [0.25, 0.3) is 0 Å². The first-order valence-corrected chi connectivity index (χ1v) is 6.54. The Morgan fingerprint density at radius 1 is 1.35 bits per heavy atom. The minimum absolute atomic E-state index is 0.462. The van der Waals surface area contributed by atoms with Gasteiger partial charge in [0.05, 0.1) is 0 Å². The van der Waals surface area contributed by atoms with E-state index >= 15 is 0 Å². The van der Waals surface area contributed by atoms with E-state index < -0.39 is 0 Å². The lowest BCUT2D eigenvalue weighted by Crippen LogP contribution is -2.28. The molecule has 0 aliphatic carbocycles. The molecule has 1 atom stereocenters. The van der Waals surface area contributed by atoms with Crippen LogP contribution in [0.25, 0.3) is 0 Å². The van der Waals surface area contributed by atoms with Crippen LogP contribution in [0.1, 0.15) is 37.8 Å². The molecule has 3 heteroatoms. The Morgan fingerprint density at radius 2 is 1.94 bits per heavy atom. The van der Waals surface area contributed by atoms with Crippen molar-refractivity contribution in [2.24, 2.45) is 5.73 Å². The summed E-state index contributed by atoms with van der Waals surface area (Å²) >= 11 is 4.94. The van der Waals surface area contributed by atoms with Crippen LogP contribution in [0.5, 0.6) is 0 Å². The zero-order chi connectivity index (χ0) is 12.8. The summed E-state index contributed by atoms with van der Waals surface area (Å²) in [6.45, 7) is 5.47. The predicted octanol–water partition coefficient (Wildman–Crippen LogP) is 2.94. The van der Waals surface area contributed by atoms with Gasteiger partial charge in [-0.15, -0.1) is 0 Å². The third-order valence-corrected chi connectivity index (χ3v) is 3.37. The van der Waals surface area contributed by atoms with Gasteiger partial charge >= 0.3 is 0 Å². The molecule has 2 nitrogen and oxygen atoms in total. The Kier molecular flexibility index (Phi) is 5.59. The second-order valence-corrected chi connectivity index (χ2v) is 5.05. The van der Waals surface area contributed by atoms with Crippen molar-refractivity contribution in [2.75, 3.05) is 7.05 Å². The van der Waals surface area contributed by atoms with Crippen LogP contribution in [0, 0.1) is 0 Å². The lowest BCUT2D eigenvalue weighted by Gasteiger charge is -2.24. The summed E-state index contributed by atoms with van der Waals surface area (Å²) in [6, 6.07) is 8.81. The van der Waals surface area contributed by atoms with Gasteiger partial charge in [0.2, 0.25) is 0 Å². The fraction of sp³-hybridized carbons (Fsp3) is 0.500.